The predicted molar refractivity (Wildman–Crippen MR) is 74.9 cm³/mol. The van der Waals surface area contributed by atoms with Crippen molar-refractivity contribution in [1.82, 2.24) is 5.32 Å². The van der Waals surface area contributed by atoms with Gasteiger partial charge in [0.2, 0.25) is 0 Å². The van der Waals surface area contributed by atoms with Gasteiger partial charge in [0.25, 0.3) is 0 Å². The average molecular weight is 261 g/mol. The summed E-state index contributed by atoms with van der Waals surface area (Å²) < 4.78 is 10.5. The monoisotopic (exact) mass is 261 g/mol. The highest BCUT2D eigenvalue weighted by atomic mass is 16.5. The first-order chi connectivity index (χ1) is 8.56. The van der Waals surface area contributed by atoms with Crippen molar-refractivity contribution < 1.29 is 14.6 Å². The molecular formula is C14H31NO3. The van der Waals surface area contributed by atoms with Gasteiger partial charge in [-0.05, 0) is 32.6 Å². The molecule has 0 amide bonds. The SMILES string of the molecule is CCOCCOCC(O)CNC(C)CCC(C)C. The van der Waals surface area contributed by atoms with Crippen molar-refractivity contribution in [3.63, 3.8) is 0 Å². The summed E-state index contributed by atoms with van der Waals surface area (Å²) in [6, 6.07) is 0.450. The molecule has 2 N–H and O–H groups in total. The lowest BCUT2D eigenvalue weighted by Gasteiger charge is -2.18. The van der Waals surface area contributed by atoms with E-state index in [0.29, 0.717) is 39.0 Å². The molecule has 0 heterocycles. The number of nitrogens with one attached hydrogen (secondary N) is 1. The number of hydrogen-bond donors (Lipinski definition) is 2. The second-order valence-electron chi connectivity index (χ2n) is 5.21. The fraction of sp³-hybridized carbons (Fsp3) is 1.00. The molecule has 0 aromatic carbocycles. The van der Waals surface area contributed by atoms with Crippen LogP contribution in [0.4, 0.5) is 0 Å². The van der Waals surface area contributed by atoms with Gasteiger partial charge in [0.1, 0.15) is 0 Å². The molecule has 0 radical (unpaired) electrons. The number of rotatable bonds is 12. The van der Waals surface area contributed by atoms with Crippen molar-refractivity contribution in [3.05, 3.63) is 0 Å². The van der Waals surface area contributed by atoms with E-state index in [1.54, 1.807) is 0 Å². The van der Waals surface area contributed by atoms with E-state index in [1.165, 1.54) is 6.42 Å². The third kappa shape index (κ3) is 12.3. The smallest absolute Gasteiger partial charge is 0.0897 e. The van der Waals surface area contributed by atoms with E-state index in [9.17, 15) is 5.11 Å². The van der Waals surface area contributed by atoms with Gasteiger partial charge in [-0.2, -0.15) is 0 Å². The van der Waals surface area contributed by atoms with Crippen LogP contribution < -0.4 is 5.32 Å². The zero-order valence-electron chi connectivity index (χ0n) is 12.4. The molecule has 2 unspecified atom stereocenters. The van der Waals surface area contributed by atoms with E-state index >= 15 is 0 Å². The number of ether oxygens (including phenoxy) is 2. The largest absolute Gasteiger partial charge is 0.389 e. The molecule has 2 atom stereocenters. The van der Waals surface area contributed by atoms with E-state index in [0.717, 1.165) is 12.3 Å². The molecule has 110 valence electrons. The quantitative estimate of drug-likeness (QED) is 0.526. The first kappa shape index (κ1) is 17.8. The normalized spacial score (nSPS) is 15.0. The van der Waals surface area contributed by atoms with Crippen LogP contribution in [0.3, 0.4) is 0 Å². The van der Waals surface area contributed by atoms with Crippen molar-refractivity contribution in [2.45, 2.75) is 52.7 Å². The second-order valence-corrected chi connectivity index (χ2v) is 5.21. The Bertz CT molecular complexity index is 176. The molecule has 4 nitrogen and oxygen atoms in total. The molecule has 0 saturated carbocycles. The van der Waals surface area contributed by atoms with Gasteiger partial charge in [-0.25, -0.2) is 0 Å². The van der Waals surface area contributed by atoms with Crippen LogP contribution in [0.5, 0.6) is 0 Å². The van der Waals surface area contributed by atoms with Gasteiger partial charge in [-0.15, -0.1) is 0 Å². The van der Waals surface area contributed by atoms with Crippen molar-refractivity contribution in [2.75, 3.05) is 33.0 Å². The summed E-state index contributed by atoms with van der Waals surface area (Å²) in [4.78, 5) is 0. The number of aliphatic hydroxyl groups is 1. The minimum absolute atomic E-state index is 0.372. The standard InChI is InChI=1S/C14H31NO3/c1-5-17-8-9-18-11-14(16)10-15-13(4)7-6-12(2)3/h12-16H,5-11H2,1-4H3. The highest BCUT2D eigenvalue weighted by molar-refractivity contribution is 4.65. The minimum atomic E-state index is -0.437. The van der Waals surface area contributed by atoms with Gasteiger partial charge < -0.3 is 19.9 Å². The van der Waals surface area contributed by atoms with Crippen LogP contribution in [0, 0.1) is 5.92 Å². The molecule has 0 fully saturated rings. The topological polar surface area (TPSA) is 50.7 Å². The Labute approximate surface area is 112 Å². The summed E-state index contributed by atoms with van der Waals surface area (Å²) in [5.41, 5.74) is 0. The second kappa shape index (κ2) is 11.9. The molecule has 0 bridgehead atoms. The van der Waals surface area contributed by atoms with E-state index in [2.05, 4.69) is 26.1 Å². The maximum absolute atomic E-state index is 9.70. The lowest BCUT2D eigenvalue weighted by molar-refractivity contribution is 0.00578. The van der Waals surface area contributed by atoms with Crippen molar-refractivity contribution >= 4 is 0 Å². The summed E-state index contributed by atoms with van der Waals surface area (Å²) in [6.07, 6.45) is 1.93. The van der Waals surface area contributed by atoms with Gasteiger partial charge in [-0.3, -0.25) is 0 Å². The molecule has 0 aliphatic heterocycles. The van der Waals surface area contributed by atoms with Crippen LogP contribution in [0.2, 0.25) is 0 Å². The van der Waals surface area contributed by atoms with Crippen molar-refractivity contribution in [3.8, 4) is 0 Å². The van der Waals surface area contributed by atoms with Crippen LogP contribution in [0.1, 0.15) is 40.5 Å². The molecule has 0 rings (SSSR count). The predicted octanol–water partition coefficient (Wildman–Crippen LogP) is 1.81. The average Bonchev–Trinajstić information content (AvgIpc) is 2.33. The molecule has 4 heteroatoms. The highest BCUT2D eigenvalue weighted by Gasteiger charge is 2.07. The summed E-state index contributed by atoms with van der Waals surface area (Å²) >= 11 is 0. The first-order valence-corrected chi connectivity index (χ1v) is 7.13. The Hall–Kier alpha value is -0.160. The maximum atomic E-state index is 9.70. The molecule has 0 spiro atoms. The van der Waals surface area contributed by atoms with Crippen LogP contribution in [-0.4, -0.2) is 50.2 Å². The third-order valence-corrected chi connectivity index (χ3v) is 2.77. The molecule has 0 aliphatic carbocycles. The van der Waals surface area contributed by atoms with Gasteiger partial charge in [0, 0.05) is 19.2 Å². The summed E-state index contributed by atoms with van der Waals surface area (Å²) in [5.74, 6) is 0.737. The van der Waals surface area contributed by atoms with E-state index in [4.69, 9.17) is 9.47 Å². The fourth-order valence-corrected chi connectivity index (χ4v) is 1.56. The Morgan fingerprint density at radius 3 is 2.33 bits per heavy atom. The summed E-state index contributed by atoms with van der Waals surface area (Å²) in [6.45, 7) is 11.4. The molecule has 0 saturated heterocycles. The maximum Gasteiger partial charge on any atom is 0.0897 e. The molecule has 0 aromatic heterocycles. The van der Waals surface area contributed by atoms with Crippen molar-refractivity contribution in [2.24, 2.45) is 5.92 Å². The first-order valence-electron chi connectivity index (χ1n) is 7.13. The van der Waals surface area contributed by atoms with Crippen LogP contribution >= 0.6 is 0 Å². The zero-order chi connectivity index (χ0) is 13.8. The summed E-state index contributed by atoms with van der Waals surface area (Å²) in [5, 5.41) is 13.0. The molecular weight excluding hydrogens is 230 g/mol. The van der Waals surface area contributed by atoms with Gasteiger partial charge in [0.05, 0.1) is 25.9 Å². The molecule has 0 aliphatic rings. The van der Waals surface area contributed by atoms with Gasteiger partial charge in [0.15, 0.2) is 0 Å². The van der Waals surface area contributed by atoms with Gasteiger partial charge >= 0.3 is 0 Å². The Kier molecular flexibility index (Phi) is 11.8. The molecule has 0 aromatic rings. The summed E-state index contributed by atoms with van der Waals surface area (Å²) in [7, 11) is 0. The lowest BCUT2D eigenvalue weighted by atomic mass is 10.0. The van der Waals surface area contributed by atoms with Crippen LogP contribution in [-0.2, 0) is 9.47 Å². The Balaban J connectivity index is 3.37. The van der Waals surface area contributed by atoms with E-state index in [-0.39, 0.29) is 0 Å². The fourth-order valence-electron chi connectivity index (χ4n) is 1.56. The highest BCUT2D eigenvalue weighted by Crippen LogP contribution is 2.06. The molecule has 18 heavy (non-hydrogen) atoms. The minimum Gasteiger partial charge on any atom is -0.389 e. The number of aliphatic hydroxyl groups excluding tert-OH is 1. The van der Waals surface area contributed by atoms with Gasteiger partial charge in [-0.1, -0.05) is 13.8 Å². The zero-order valence-corrected chi connectivity index (χ0v) is 12.4. The van der Waals surface area contributed by atoms with Crippen LogP contribution in [0.25, 0.3) is 0 Å². The lowest BCUT2D eigenvalue weighted by Crippen LogP contribution is -2.36. The van der Waals surface area contributed by atoms with E-state index < -0.39 is 6.10 Å². The van der Waals surface area contributed by atoms with E-state index in [1.807, 2.05) is 6.92 Å². The number of hydrogen-bond acceptors (Lipinski definition) is 4. The van der Waals surface area contributed by atoms with Crippen LogP contribution in [0.15, 0.2) is 0 Å². The third-order valence-electron chi connectivity index (χ3n) is 2.77. The Morgan fingerprint density at radius 2 is 1.72 bits per heavy atom. The van der Waals surface area contributed by atoms with Crippen molar-refractivity contribution in [1.29, 1.82) is 0 Å². The Morgan fingerprint density at radius 1 is 1.06 bits per heavy atom.